The van der Waals surface area contributed by atoms with Crippen molar-refractivity contribution in [1.29, 1.82) is 0 Å². The van der Waals surface area contributed by atoms with Crippen LogP contribution in [-0.2, 0) is 0 Å². The van der Waals surface area contributed by atoms with Gasteiger partial charge in [0.15, 0.2) is 34.9 Å². The molecule has 7 aromatic heterocycles. The molecule has 0 aliphatic heterocycles. The van der Waals surface area contributed by atoms with Gasteiger partial charge in [0.1, 0.15) is 0 Å². The molecule has 0 radical (unpaired) electrons. The van der Waals surface area contributed by atoms with Crippen molar-refractivity contribution in [3.63, 3.8) is 0 Å². The maximum Gasteiger partial charge on any atom is 0.235 e. The number of para-hydroxylation sites is 4. The number of thiophene rings is 1. The van der Waals surface area contributed by atoms with Crippen molar-refractivity contribution < 1.29 is 0 Å². The molecule has 26 rings (SSSR count). The highest BCUT2D eigenvalue weighted by molar-refractivity contribution is 7.26. The number of benzene rings is 19. The fraction of sp³-hybridized carbons (Fsp3) is 0. The standard InChI is InChI=1S/C45H30N4.C40H25N3S.C39H26N4/c1-4-14-31(15-5-1)34-20-12-21-36(28-34)44-46-43(33-18-8-3-9-19-33)47-45(48-44)37-22-13-23-38(29-37)49-41-25-11-10-24-39(41)40-27-26-35(30-42(40)49)32-16-6-2-7-17-32;1-2-9-26(10-3-1)27-17-19-28(20-18-27)35-23-24-41-40(42-35)43-36-15-6-4-11-31(36)34-25-29(21-22-37(34)43)30-13-8-14-33-32-12-5-7-16-38(32)44-39(30)33;1-3-11-27(12-4-1)28-19-21-30(22-20-28)38-40-37(29-13-5-2-6-14-29)41-39(42-38)31-23-25-32(26-24-31)43-35-17-9-7-15-33(35)34-16-8-10-18-36(34)43/h1-30H;1-25H;1-26H. The average molecular weight is 1760 g/mol. The maximum absolute atomic E-state index is 5.10. The van der Waals surface area contributed by atoms with Gasteiger partial charge in [-0.2, -0.15) is 0 Å². The van der Waals surface area contributed by atoms with Gasteiger partial charge in [-0.1, -0.05) is 388 Å². The third-order valence-electron chi connectivity index (χ3n) is 25.4. The lowest BCUT2D eigenvalue weighted by molar-refractivity contribution is 0.992. The van der Waals surface area contributed by atoms with Crippen molar-refractivity contribution in [3.05, 3.63) is 492 Å². The molecule has 0 N–H and O–H groups in total. The molecule has 136 heavy (non-hydrogen) atoms. The van der Waals surface area contributed by atoms with E-state index in [4.69, 9.17) is 39.9 Å². The monoisotopic (exact) mass is 1760 g/mol. The molecule has 0 aliphatic carbocycles. The number of hydrogen-bond acceptors (Lipinski definition) is 9. The molecule has 638 valence electrons. The van der Waals surface area contributed by atoms with E-state index in [2.05, 4.69) is 414 Å². The molecule has 26 aromatic rings. The van der Waals surface area contributed by atoms with E-state index in [0.29, 0.717) is 40.9 Å². The second-order valence-corrected chi connectivity index (χ2v) is 34.8. The van der Waals surface area contributed by atoms with Crippen molar-refractivity contribution in [2.75, 3.05) is 0 Å². The molecule has 0 fully saturated rings. The smallest absolute Gasteiger partial charge is 0.235 e. The topological polar surface area (TPSA) is 118 Å². The SMILES string of the molecule is c1ccc(-c2ccc(-c3ccnc(-n4c5ccccc5c5cc(-c6cccc7c6sc6ccccc67)ccc54)n3)cc2)cc1.c1ccc(-c2ccc(-c3nc(-c4ccccc4)nc(-c4ccc(-n5c6ccccc6c6ccccc65)cc4)n3)cc2)cc1.c1ccc(-c2cccc(-c3nc(-c4ccccc4)nc(-c4cccc(-n5c6ccccc6c6ccc(-c7ccccc7)cc65)c4)n3)c2)cc1. The van der Waals surface area contributed by atoms with Crippen LogP contribution in [0.1, 0.15) is 0 Å². The molecule has 12 heteroatoms. The lowest BCUT2D eigenvalue weighted by Crippen LogP contribution is -2.01. The summed E-state index contributed by atoms with van der Waals surface area (Å²) in [7, 11) is 0. The minimum atomic E-state index is 0.626. The Bertz CT molecular complexity index is 8880. The van der Waals surface area contributed by atoms with Crippen molar-refractivity contribution in [1.82, 2.24) is 53.6 Å². The summed E-state index contributed by atoms with van der Waals surface area (Å²) in [6, 6.07) is 170. The van der Waals surface area contributed by atoms with Crippen LogP contribution >= 0.6 is 11.3 Å². The van der Waals surface area contributed by atoms with Gasteiger partial charge in [0.2, 0.25) is 5.95 Å². The molecular weight excluding hydrogens is 1680 g/mol. The van der Waals surface area contributed by atoms with Gasteiger partial charge >= 0.3 is 0 Å². The van der Waals surface area contributed by atoms with Gasteiger partial charge in [-0.05, 0) is 153 Å². The Balaban J connectivity index is 0.000000112. The first kappa shape index (κ1) is 81.2. The maximum atomic E-state index is 5.10. The third-order valence-corrected chi connectivity index (χ3v) is 26.7. The predicted octanol–water partition coefficient (Wildman–Crippen LogP) is 31.9. The first-order valence-electron chi connectivity index (χ1n) is 45.6. The number of nitrogens with zero attached hydrogens (tertiary/aromatic N) is 11. The summed E-state index contributed by atoms with van der Waals surface area (Å²) in [5.41, 5.74) is 28.4. The van der Waals surface area contributed by atoms with Gasteiger partial charge in [-0.15, -0.1) is 11.3 Å². The van der Waals surface area contributed by atoms with Crippen LogP contribution in [0.3, 0.4) is 0 Å². The quantitative estimate of drug-likeness (QED) is 0.0996. The highest BCUT2D eigenvalue weighted by Crippen LogP contribution is 2.44. The van der Waals surface area contributed by atoms with Gasteiger partial charge in [-0.3, -0.25) is 4.57 Å². The van der Waals surface area contributed by atoms with Crippen LogP contribution in [0.4, 0.5) is 0 Å². The van der Waals surface area contributed by atoms with E-state index < -0.39 is 0 Å². The Hall–Kier alpha value is -18.1. The minimum Gasteiger partial charge on any atom is -0.309 e. The zero-order chi connectivity index (χ0) is 90.2. The summed E-state index contributed by atoms with van der Waals surface area (Å²) in [5.74, 6) is 4.51. The van der Waals surface area contributed by atoms with Gasteiger partial charge in [0.25, 0.3) is 0 Å². The second-order valence-electron chi connectivity index (χ2n) is 33.7. The Morgan fingerprint density at radius 2 is 0.500 bits per heavy atom. The lowest BCUT2D eigenvalue weighted by atomic mass is 10.0. The van der Waals surface area contributed by atoms with Crippen LogP contribution in [0.2, 0.25) is 0 Å². The van der Waals surface area contributed by atoms with Gasteiger partial charge < -0.3 is 9.13 Å². The predicted molar refractivity (Wildman–Crippen MR) is 563 cm³/mol. The Labute approximate surface area is 789 Å². The normalized spacial score (nSPS) is 11.4. The molecule has 0 saturated heterocycles. The molecule has 0 aliphatic rings. The van der Waals surface area contributed by atoms with Crippen LogP contribution < -0.4 is 0 Å². The number of hydrogen-bond donors (Lipinski definition) is 0. The van der Waals surface area contributed by atoms with E-state index in [1.807, 2.05) is 102 Å². The van der Waals surface area contributed by atoms with Crippen LogP contribution in [0.5, 0.6) is 0 Å². The fourth-order valence-electron chi connectivity index (χ4n) is 18.8. The van der Waals surface area contributed by atoms with Crippen LogP contribution in [0.15, 0.2) is 492 Å². The van der Waals surface area contributed by atoms with Crippen molar-refractivity contribution in [3.8, 4) is 153 Å². The average Bonchev–Trinajstić information content (AvgIpc) is 1.63. The van der Waals surface area contributed by atoms with Gasteiger partial charge in [-0.25, -0.2) is 39.9 Å². The molecule has 0 unspecified atom stereocenters. The minimum absolute atomic E-state index is 0.626. The molecule has 0 atom stereocenters. The van der Waals surface area contributed by atoms with E-state index >= 15 is 0 Å². The number of rotatable bonds is 15. The highest BCUT2D eigenvalue weighted by atomic mass is 32.1. The Morgan fingerprint density at radius 3 is 1.02 bits per heavy atom. The lowest BCUT2D eigenvalue weighted by Gasteiger charge is -2.12. The summed E-state index contributed by atoms with van der Waals surface area (Å²) in [4.78, 5) is 39.8. The van der Waals surface area contributed by atoms with E-state index in [-0.39, 0.29) is 0 Å². The zero-order valence-corrected chi connectivity index (χ0v) is 74.4. The Morgan fingerprint density at radius 1 is 0.169 bits per heavy atom. The van der Waals surface area contributed by atoms with Crippen molar-refractivity contribution in [2.24, 2.45) is 0 Å². The zero-order valence-electron chi connectivity index (χ0n) is 73.6. The summed E-state index contributed by atoms with van der Waals surface area (Å²) in [6.07, 6.45) is 1.86. The number of fused-ring (bicyclic) bond motifs is 12. The van der Waals surface area contributed by atoms with Crippen molar-refractivity contribution >= 4 is 96.9 Å². The van der Waals surface area contributed by atoms with Gasteiger partial charge in [0.05, 0.1) is 38.8 Å². The molecule has 0 amide bonds. The first-order chi connectivity index (χ1) is 67.4. The number of aromatic nitrogens is 11. The molecule has 0 spiro atoms. The molecular formula is C124H81N11S. The molecule has 0 saturated carbocycles. The molecule has 7 heterocycles. The highest BCUT2D eigenvalue weighted by Gasteiger charge is 2.23. The van der Waals surface area contributed by atoms with E-state index in [9.17, 15) is 0 Å². The van der Waals surface area contributed by atoms with Gasteiger partial charge in [0, 0.05) is 109 Å². The third kappa shape index (κ3) is 15.6. The van der Waals surface area contributed by atoms with Crippen LogP contribution in [0.25, 0.3) is 238 Å². The summed E-state index contributed by atoms with van der Waals surface area (Å²) in [5, 5.41) is 9.94. The van der Waals surface area contributed by atoms with Crippen molar-refractivity contribution in [2.45, 2.75) is 0 Å². The van der Waals surface area contributed by atoms with E-state index in [1.165, 1.54) is 102 Å². The molecule has 19 aromatic carbocycles. The Kier molecular flexibility index (Phi) is 21.3. The first-order valence-corrected chi connectivity index (χ1v) is 46.4. The fourth-order valence-corrected chi connectivity index (χ4v) is 20.1. The molecule has 11 nitrogen and oxygen atoms in total. The summed E-state index contributed by atoms with van der Waals surface area (Å²) < 4.78 is 9.50. The van der Waals surface area contributed by atoms with Crippen LogP contribution in [0, 0.1) is 0 Å². The second kappa shape index (κ2) is 35.6. The molecule has 0 bridgehead atoms. The van der Waals surface area contributed by atoms with E-state index in [0.717, 1.165) is 94.8 Å². The largest absolute Gasteiger partial charge is 0.309 e. The summed E-state index contributed by atoms with van der Waals surface area (Å²) in [6.45, 7) is 0. The van der Waals surface area contributed by atoms with E-state index in [1.54, 1.807) is 0 Å². The van der Waals surface area contributed by atoms with Crippen LogP contribution in [-0.4, -0.2) is 53.6 Å². The summed E-state index contributed by atoms with van der Waals surface area (Å²) >= 11 is 1.87.